The van der Waals surface area contributed by atoms with Crippen LogP contribution in [0.15, 0.2) is 54.3 Å². The van der Waals surface area contributed by atoms with Crippen molar-refractivity contribution in [3.8, 4) is 16.9 Å². The van der Waals surface area contributed by atoms with Gasteiger partial charge in [0, 0.05) is 83.1 Å². The van der Waals surface area contributed by atoms with Crippen LogP contribution < -0.4 is 5.32 Å². The van der Waals surface area contributed by atoms with Gasteiger partial charge in [-0.15, -0.1) is 0 Å². The van der Waals surface area contributed by atoms with Crippen molar-refractivity contribution in [3.63, 3.8) is 0 Å². The standard InChI is InChI=1S/C31H39F3N10O2S/c1-4-41-11-13-42(14-12-41)18-23-5-6-27(22(2)15-23)44-19-24(16-37-44)29-26(31(32,33)34)17-35-30(39-29)38-25-7-9-43(10-8-25)47(45,46)28-20-40(3)21-36-28/h5-6,15-17,19-21,25H,4,7-14,18H2,1-3H3,(H,35,38,39). The second-order valence-corrected chi connectivity index (χ2v) is 14.0. The van der Waals surface area contributed by atoms with Crippen molar-refractivity contribution in [1.29, 1.82) is 0 Å². The van der Waals surface area contributed by atoms with Gasteiger partial charge in [-0.3, -0.25) is 4.90 Å². The summed E-state index contributed by atoms with van der Waals surface area (Å²) in [6.45, 7) is 10.6. The van der Waals surface area contributed by atoms with Crippen molar-refractivity contribution in [2.75, 3.05) is 51.1 Å². The van der Waals surface area contributed by atoms with Crippen LogP contribution in [0.2, 0.25) is 0 Å². The molecule has 252 valence electrons. The van der Waals surface area contributed by atoms with Gasteiger partial charge >= 0.3 is 6.18 Å². The zero-order valence-corrected chi connectivity index (χ0v) is 27.5. The number of hydrogen-bond donors (Lipinski definition) is 1. The molecule has 47 heavy (non-hydrogen) atoms. The summed E-state index contributed by atoms with van der Waals surface area (Å²) in [4.78, 5) is 17.1. The molecule has 0 aliphatic carbocycles. The zero-order chi connectivity index (χ0) is 33.3. The van der Waals surface area contributed by atoms with E-state index in [2.05, 4.69) is 48.2 Å². The number of hydrogen-bond acceptors (Lipinski definition) is 9. The van der Waals surface area contributed by atoms with E-state index in [-0.39, 0.29) is 41.4 Å². The topological polar surface area (TPSA) is 117 Å². The van der Waals surface area contributed by atoms with Crippen molar-refractivity contribution >= 4 is 16.0 Å². The molecule has 0 radical (unpaired) electrons. The summed E-state index contributed by atoms with van der Waals surface area (Å²) in [6.07, 6.45) is 2.76. The van der Waals surface area contributed by atoms with Crippen LogP contribution in [0.25, 0.3) is 16.9 Å². The smallest absolute Gasteiger partial charge is 0.351 e. The lowest BCUT2D eigenvalue weighted by molar-refractivity contribution is -0.137. The molecule has 0 saturated carbocycles. The number of halogens is 3. The summed E-state index contributed by atoms with van der Waals surface area (Å²) in [5.74, 6) is 0.0343. The van der Waals surface area contributed by atoms with Crippen molar-refractivity contribution in [2.45, 2.75) is 50.5 Å². The molecular formula is C31H39F3N10O2S. The van der Waals surface area contributed by atoms with Crippen molar-refractivity contribution in [2.24, 2.45) is 7.05 Å². The number of aryl methyl sites for hydroxylation is 2. The van der Waals surface area contributed by atoms with E-state index in [1.165, 1.54) is 28.6 Å². The predicted molar refractivity (Wildman–Crippen MR) is 170 cm³/mol. The molecule has 1 aromatic carbocycles. The Morgan fingerprint density at radius 2 is 1.70 bits per heavy atom. The number of anilines is 1. The fourth-order valence-electron chi connectivity index (χ4n) is 6.13. The van der Waals surface area contributed by atoms with Gasteiger partial charge in [0.1, 0.15) is 5.56 Å². The van der Waals surface area contributed by atoms with E-state index in [1.54, 1.807) is 22.5 Å². The molecule has 0 atom stereocenters. The van der Waals surface area contributed by atoms with Crippen LogP contribution >= 0.6 is 0 Å². The number of piperidine rings is 1. The van der Waals surface area contributed by atoms with Gasteiger partial charge < -0.3 is 14.8 Å². The first kappa shape index (κ1) is 33.1. The quantitative estimate of drug-likeness (QED) is 0.284. The number of piperazine rings is 1. The molecule has 16 heteroatoms. The van der Waals surface area contributed by atoms with Gasteiger partial charge in [0.25, 0.3) is 10.0 Å². The fourth-order valence-corrected chi connectivity index (χ4v) is 7.56. The van der Waals surface area contributed by atoms with Crippen LogP contribution in [0.1, 0.15) is 36.5 Å². The largest absolute Gasteiger partial charge is 0.419 e. The van der Waals surface area contributed by atoms with Gasteiger partial charge in [-0.25, -0.2) is 28.1 Å². The molecule has 5 heterocycles. The molecular weight excluding hydrogens is 633 g/mol. The second-order valence-electron chi connectivity index (χ2n) is 12.2. The lowest BCUT2D eigenvalue weighted by atomic mass is 10.1. The van der Waals surface area contributed by atoms with Gasteiger partial charge in [0.2, 0.25) is 5.95 Å². The number of likely N-dealkylation sites (N-methyl/N-ethyl adjacent to an activating group) is 1. The Labute approximate surface area is 272 Å². The van der Waals surface area contributed by atoms with E-state index in [0.29, 0.717) is 12.8 Å². The lowest BCUT2D eigenvalue weighted by Gasteiger charge is -2.34. The predicted octanol–water partition coefficient (Wildman–Crippen LogP) is 3.79. The average Bonchev–Trinajstić information content (AvgIpc) is 3.71. The third-order valence-corrected chi connectivity index (χ3v) is 10.6. The molecule has 12 nitrogen and oxygen atoms in total. The van der Waals surface area contributed by atoms with E-state index in [9.17, 15) is 21.6 Å². The summed E-state index contributed by atoms with van der Waals surface area (Å²) in [7, 11) is -2.04. The molecule has 2 saturated heterocycles. The Kier molecular flexibility index (Phi) is 9.38. The molecule has 2 aliphatic heterocycles. The monoisotopic (exact) mass is 672 g/mol. The van der Waals surface area contributed by atoms with Crippen molar-refractivity contribution < 1.29 is 21.6 Å². The minimum atomic E-state index is -4.68. The van der Waals surface area contributed by atoms with E-state index in [1.807, 2.05) is 19.1 Å². The van der Waals surface area contributed by atoms with Gasteiger partial charge in [-0.2, -0.15) is 22.6 Å². The number of nitrogens with one attached hydrogen (secondary N) is 1. The second kappa shape index (κ2) is 13.3. The summed E-state index contributed by atoms with van der Waals surface area (Å²) in [6, 6.07) is 5.86. The third-order valence-electron chi connectivity index (χ3n) is 8.85. The molecule has 0 unspecified atom stereocenters. The maximum atomic E-state index is 14.1. The number of benzene rings is 1. The van der Waals surface area contributed by atoms with Crippen LogP contribution in [0.4, 0.5) is 19.1 Å². The highest BCUT2D eigenvalue weighted by Crippen LogP contribution is 2.36. The maximum absolute atomic E-state index is 14.1. The van der Waals surface area contributed by atoms with E-state index in [0.717, 1.165) is 56.7 Å². The third kappa shape index (κ3) is 7.35. The molecule has 6 rings (SSSR count). The lowest BCUT2D eigenvalue weighted by Crippen LogP contribution is -2.45. The summed E-state index contributed by atoms with van der Waals surface area (Å²) < 4.78 is 72.6. The normalized spacial score (nSPS) is 17.7. The number of imidazole rings is 1. The maximum Gasteiger partial charge on any atom is 0.419 e. The van der Waals surface area contributed by atoms with Crippen LogP contribution in [0.3, 0.4) is 0 Å². The Hall–Kier alpha value is -3.86. The van der Waals surface area contributed by atoms with Crippen LogP contribution in [-0.4, -0.2) is 104 Å². The highest BCUT2D eigenvalue weighted by Gasteiger charge is 2.36. The minimum absolute atomic E-state index is 0.0186. The number of alkyl halides is 3. The van der Waals surface area contributed by atoms with E-state index < -0.39 is 21.8 Å². The number of nitrogens with zero attached hydrogens (tertiary/aromatic N) is 9. The van der Waals surface area contributed by atoms with Gasteiger partial charge in [-0.1, -0.05) is 19.1 Å². The first-order chi connectivity index (χ1) is 22.4. The minimum Gasteiger partial charge on any atom is -0.351 e. The molecule has 4 aromatic rings. The average molecular weight is 673 g/mol. The van der Waals surface area contributed by atoms with Crippen molar-refractivity contribution in [1.82, 2.24) is 43.4 Å². The molecule has 2 aliphatic rings. The number of rotatable bonds is 9. The summed E-state index contributed by atoms with van der Waals surface area (Å²) in [5, 5.41) is 7.49. The van der Waals surface area contributed by atoms with Crippen molar-refractivity contribution in [3.05, 3.63) is 66.0 Å². The first-order valence-electron chi connectivity index (χ1n) is 15.7. The van der Waals surface area contributed by atoms with Gasteiger partial charge in [0.15, 0.2) is 5.03 Å². The highest BCUT2D eigenvalue weighted by atomic mass is 32.2. The first-order valence-corrected chi connectivity index (χ1v) is 17.1. The zero-order valence-electron chi connectivity index (χ0n) is 26.7. The summed E-state index contributed by atoms with van der Waals surface area (Å²) in [5.41, 5.74) is 1.86. The van der Waals surface area contributed by atoms with Crippen LogP contribution in [0, 0.1) is 6.92 Å². The number of aromatic nitrogens is 6. The Morgan fingerprint density at radius 3 is 2.34 bits per heavy atom. The van der Waals surface area contributed by atoms with Gasteiger partial charge in [0.05, 0.1) is 23.9 Å². The Bertz CT molecular complexity index is 1810. The molecule has 2 fully saturated rings. The molecule has 0 bridgehead atoms. The summed E-state index contributed by atoms with van der Waals surface area (Å²) >= 11 is 0. The van der Waals surface area contributed by atoms with Crippen LogP contribution in [-0.2, 0) is 29.8 Å². The van der Waals surface area contributed by atoms with Gasteiger partial charge in [-0.05, 0) is 43.5 Å². The molecule has 0 spiro atoms. The Morgan fingerprint density at radius 1 is 0.979 bits per heavy atom. The molecule has 0 amide bonds. The molecule has 3 aromatic heterocycles. The van der Waals surface area contributed by atoms with E-state index >= 15 is 0 Å². The fraction of sp³-hybridized carbons (Fsp3) is 0.484. The molecule has 1 N–H and O–H groups in total. The SMILES string of the molecule is CCN1CCN(Cc2ccc(-n3cc(-c4nc(NC5CCN(S(=O)(=O)c6cn(C)cn6)CC5)ncc4C(F)(F)F)cn3)c(C)c2)CC1. The number of sulfonamides is 1. The van der Waals surface area contributed by atoms with Crippen LogP contribution in [0.5, 0.6) is 0 Å². The van der Waals surface area contributed by atoms with E-state index in [4.69, 9.17) is 0 Å². The Balaban J connectivity index is 1.16. The highest BCUT2D eigenvalue weighted by molar-refractivity contribution is 7.89.